The van der Waals surface area contributed by atoms with Crippen molar-refractivity contribution < 1.29 is 0 Å². The lowest BCUT2D eigenvalue weighted by atomic mass is 10.1. The SMILES string of the molecule is Cc1cc(Br)cnc1C(=N)CBr. The Morgan fingerprint density at radius 2 is 2.33 bits per heavy atom. The first-order chi connectivity index (χ1) is 5.65. The Morgan fingerprint density at radius 3 is 2.83 bits per heavy atom. The first kappa shape index (κ1) is 9.86. The molecule has 0 saturated carbocycles. The van der Waals surface area contributed by atoms with Gasteiger partial charge in [0.1, 0.15) is 0 Å². The van der Waals surface area contributed by atoms with Crippen LogP contribution in [0.1, 0.15) is 11.3 Å². The van der Waals surface area contributed by atoms with Crippen LogP contribution in [0.15, 0.2) is 16.7 Å². The normalized spacial score (nSPS) is 9.92. The molecule has 1 rings (SSSR count). The summed E-state index contributed by atoms with van der Waals surface area (Å²) in [5, 5.41) is 8.11. The Kier molecular flexibility index (Phi) is 3.40. The van der Waals surface area contributed by atoms with Gasteiger partial charge in [0.2, 0.25) is 0 Å². The molecule has 2 nitrogen and oxygen atoms in total. The van der Waals surface area contributed by atoms with E-state index in [9.17, 15) is 0 Å². The van der Waals surface area contributed by atoms with Crippen molar-refractivity contribution in [2.75, 3.05) is 5.33 Å². The van der Waals surface area contributed by atoms with Crippen molar-refractivity contribution in [2.24, 2.45) is 0 Å². The maximum atomic E-state index is 7.57. The lowest BCUT2D eigenvalue weighted by Gasteiger charge is -2.03. The zero-order chi connectivity index (χ0) is 9.14. The van der Waals surface area contributed by atoms with Gasteiger partial charge in [0.25, 0.3) is 0 Å². The van der Waals surface area contributed by atoms with Crippen molar-refractivity contribution in [3.63, 3.8) is 0 Å². The molecular weight excluding hydrogens is 284 g/mol. The first-order valence-corrected chi connectivity index (χ1v) is 5.32. The van der Waals surface area contributed by atoms with Gasteiger partial charge in [0, 0.05) is 16.0 Å². The minimum Gasteiger partial charge on any atom is -0.302 e. The lowest BCUT2D eigenvalue weighted by Crippen LogP contribution is -2.05. The van der Waals surface area contributed by atoms with E-state index < -0.39 is 0 Å². The van der Waals surface area contributed by atoms with Crippen molar-refractivity contribution in [2.45, 2.75) is 6.92 Å². The highest BCUT2D eigenvalue weighted by molar-refractivity contribution is 9.10. The van der Waals surface area contributed by atoms with E-state index >= 15 is 0 Å². The average Bonchev–Trinajstić information content (AvgIpc) is 2.03. The standard InChI is InChI=1S/C8H8Br2N2/c1-5-2-6(10)4-12-8(5)7(11)3-9/h2,4,11H,3H2,1H3. The lowest BCUT2D eigenvalue weighted by molar-refractivity contribution is 1.20. The molecule has 0 unspecified atom stereocenters. The van der Waals surface area contributed by atoms with Gasteiger partial charge in [0.05, 0.1) is 11.4 Å². The molecule has 1 heterocycles. The minimum atomic E-state index is 0.514. The van der Waals surface area contributed by atoms with Crippen LogP contribution in [0.25, 0.3) is 0 Å². The second-order valence-corrected chi connectivity index (χ2v) is 3.91. The maximum Gasteiger partial charge on any atom is 0.0875 e. The predicted octanol–water partition coefficient (Wildman–Crippen LogP) is 2.92. The molecule has 64 valence electrons. The molecule has 1 N–H and O–H groups in total. The Labute approximate surface area is 88.2 Å². The number of halogens is 2. The molecule has 0 amide bonds. The monoisotopic (exact) mass is 290 g/mol. The van der Waals surface area contributed by atoms with Crippen LogP contribution >= 0.6 is 31.9 Å². The summed E-state index contributed by atoms with van der Waals surface area (Å²) in [6.07, 6.45) is 1.71. The largest absolute Gasteiger partial charge is 0.302 e. The third kappa shape index (κ3) is 2.14. The summed E-state index contributed by atoms with van der Waals surface area (Å²) >= 11 is 6.55. The predicted molar refractivity (Wildman–Crippen MR) is 57.3 cm³/mol. The molecule has 1 aromatic rings. The Morgan fingerprint density at radius 1 is 1.67 bits per heavy atom. The number of hydrogen-bond acceptors (Lipinski definition) is 2. The van der Waals surface area contributed by atoms with Crippen LogP contribution in [0.4, 0.5) is 0 Å². The molecule has 0 aliphatic carbocycles. The van der Waals surface area contributed by atoms with E-state index in [1.165, 1.54) is 0 Å². The van der Waals surface area contributed by atoms with Crippen molar-refractivity contribution >= 4 is 37.6 Å². The molecule has 4 heteroatoms. The van der Waals surface area contributed by atoms with Gasteiger partial charge in [0.15, 0.2) is 0 Å². The number of alkyl halides is 1. The Hall–Kier alpha value is -0.220. The van der Waals surface area contributed by atoms with Crippen molar-refractivity contribution in [1.82, 2.24) is 4.98 Å². The summed E-state index contributed by atoms with van der Waals surface area (Å²) in [4.78, 5) is 4.15. The van der Waals surface area contributed by atoms with Gasteiger partial charge >= 0.3 is 0 Å². The van der Waals surface area contributed by atoms with E-state index in [-0.39, 0.29) is 0 Å². The summed E-state index contributed by atoms with van der Waals surface area (Å²) in [7, 11) is 0. The van der Waals surface area contributed by atoms with E-state index in [4.69, 9.17) is 5.41 Å². The van der Waals surface area contributed by atoms with Gasteiger partial charge in [-0.15, -0.1) is 0 Å². The fourth-order valence-electron chi connectivity index (χ4n) is 0.920. The number of aryl methyl sites for hydroxylation is 1. The van der Waals surface area contributed by atoms with Gasteiger partial charge in [-0.2, -0.15) is 0 Å². The Bertz CT molecular complexity index is 310. The molecule has 0 bridgehead atoms. The highest BCUT2D eigenvalue weighted by Gasteiger charge is 2.04. The molecule has 0 aliphatic heterocycles. The summed E-state index contributed by atoms with van der Waals surface area (Å²) < 4.78 is 0.950. The molecule has 1 aromatic heterocycles. The van der Waals surface area contributed by atoms with Crippen LogP contribution in [-0.2, 0) is 0 Å². The van der Waals surface area contributed by atoms with E-state index in [0.29, 0.717) is 11.0 Å². The molecule has 0 radical (unpaired) electrons. The quantitative estimate of drug-likeness (QED) is 0.660. The Balaban J connectivity index is 3.09. The van der Waals surface area contributed by atoms with E-state index in [2.05, 4.69) is 36.8 Å². The molecule has 0 aromatic carbocycles. The summed E-state index contributed by atoms with van der Waals surface area (Å²) in [6.45, 7) is 1.95. The third-order valence-electron chi connectivity index (χ3n) is 1.46. The fourth-order valence-corrected chi connectivity index (χ4v) is 1.63. The molecule has 12 heavy (non-hydrogen) atoms. The average molecular weight is 292 g/mol. The van der Waals surface area contributed by atoms with Crippen LogP contribution in [0.5, 0.6) is 0 Å². The van der Waals surface area contributed by atoms with Gasteiger partial charge in [-0.25, -0.2) is 0 Å². The van der Waals surface area contributed by atoms with E-state index in [0.717, 1.165) is 15.7 Å². The molecule has 0 atom stereocenters. The number of rotatable bonds is 2. The zero-order valence-electron chi connectivity index (χ0n) is 6.56. The molecule has 0 fully saturated rings. The van der Waals surface area contributed by atoms with Crippen molar-refractivity contribution in [3.8, 4) is 0 Å². The molecule has 0 spiro atoms. The molecular formula is C8H8Br2N2. The fraction of sp³-hybridized carbons (Fsp3) is 0.250. The zero-order valence-corrected chi connectivity index (χ0v) is 9.74. The number of nitrogens with one attached hydrogen (secondary N) is 1. The van der Waals surface area contributed by atoms with Crippen molar-refractivity contribution in [1.29, 1.82) is 5.41 Å². The summed E-state index contributed by atoms with van der Waals surface area (Å²) in [6, 6.07) is 1.96. The second-order valence-electron chi connectivity index (χ2n) is 2.43. The smallest absolute Gasteiger partial charge is 0.0875 e. The first-order valence-electron chi connectivity index (χ1n) is 3.41. The third-order valence-corrected chi connectivity index (χ3v) is 2.46. The van der Waals surface area contributed by atoms with Crippen LogP contribution in [0.3, 0.4) is 0 Å². The van der Waals surface area contributed by atoms with Gasteiger partial charge in [-0.1, -0.05) is 15.9 Å². The van der Waals surface area contributed by atoms with E-state index in [1.807, 2.05) is 13.0 Å². The van der Waals surface area contributed by atoms with Gasteiger partial charge in [-0.3, -0.25) is 4.98 Å². The highest BCUT2D eigenvalue weighted by Crippen LogP contribution is 2.13. The number of nitrogens with zero attached hydrogens (tertiary/aromatic N) is 1. The molecule has 0 saturated heterocycles. The number of pyridine rings is 1. The minimum absolute atomic E-state index is 0.514. The van der Waals surface area contributed by atoms with Crippen molar-refractivity contribution in [3.05, 3.63) is 28.0 Å². The summed E-state index contributed by atoms with van der Waals surface area (Å²) in [5.74, 6) is 0. The van der Waals surface area contributed by atoms with E-state index in [1.54, 1.807) is 6.20 Å². The highest BCUT2D eigenvalue weighted by atomic mass is 79.9. The number of aromatic nitrogens is 1. The second kappa shape index (κ2) is 4.14. The van der Waals surface area contributed by atoms with Gasteiger partial charge in [-0.05, 0) is 34.5 Å². The number of hydrogen-bond donors (Lipinski definition) is 1. The van der Waals surface area contributed by atoms with Gasteiger partial charge < -0.3 is 5.41 Å². The van der Waals surface area contributed by atoms with Crippen LogP contribution < -0.4 is 0 Å². The van der Waals surface area contributed by atoms with Crippen LogP contribution in [0, 0.1) is 12.3 Å². The topological polar surface area (TPSA) is 36.7 Å². The maximum absolute atomic E-state index is 7.57. The van der Waals surface area contributed by atoms with Crippen LogP contribution in [-0.4, -0.2) is 16.0 Å². The molecule has 0 aliphatic rings. The van der Waals surface area contributed by atoms with Crippen LogP contribution in [0.2, 0.25) is 0 Å². The summed E-state index contributed by atoms with van der Waals surface area (Å²) in [5.41, 5.74) is 2.30.